The fourth-order valence-electron chi connectivity index (χ4n) is 2.54. The minimum Gasteiger partial charge on any atom is -0.397 e. The lowest BCUT2D eigenvalue weighted by atomic mass is 10.1. The highest BCUT2D eigenvalue weighted by Crippen LogP contribution is 2.21. The number of hydrogen-bond acceptors (Lipinski definition) is 4. The molecule has 4 nitrogen and oxygen atoms in total. The van der Waals surface area contributed by atoms with E-state index in [1.807, 2.05) is 0 Å². The van der Waals surface area contributed by atoms with Crippen molar-refractivity contribution >= 4 is 11.6 Å². The minimum atomic E-state index is 0.141. The van der Waals surface area contributed by atoms with E-state index < -0.39 is 0 Å². The van der Waals surface area contributed by atoms with Gasteiger partial charge in [0.2, 0.25) is 0 Å². The van der Waals surface area contributed by atoms with Crippen molar-refractivity contribution in [2.24, 2.45) is 11.5 Å². The van der Waals surface area contributed by atoms with Crippen LogP contribution in [0.25, 0.3) is 0 Å². The van der Waals surface area contributed by atoms with Gasteiger partial charge in [0, 0.05) is 36.8 Å². The predicted molar refractivity (Wildman–Crippen MR) is 87.3 cm³/mol. The summed E-state index contributed by atoms with van der Waals surface area (Å²) < 4.78 is 0. The Morgan fingerprint density at radius 3 is 2.55 bits per heavy atom. The van der Waals surface area contributed by atoms with Gasteiger partial charge in [-0.05, 0) is 32.5 Å². The molecule has 0 aromatic carbocycles. The summed E-state index contributed by atoms with van der Waals surface area (Å²) in [6.45, 7) is 14.4. The molecule has 1 aliphatic heterocycles. The molecule has 0 aliphatic carbocycles. The molecule has 1 aliphatic rings. The Hall–Kier alpha value is -0.970. The lowest BCUT2D eigenvalue weighted by Crippen LogP contribution is -2.54. The number of likely N-dealkylation sites (N-methyl/N-ethyl adjacent to an activating group) is 1. The molecule has 0 aromatic heterocycles. The van der Waals surface area contributed by atoms with Crippen LogP contribution in [0.5, 0.6) is 0 Å². The summed E-state index contributed by atoms with van der Waals surface area (Å²) in [7, 11) is 0. The number of rotatable bonds is 5. The van der Waals surface area contributed by atoms with Crippen LogP contribution in [0.4, 0.5) is 0 Å². The van der Waals surface area contributed by atoms with E-state index in [0.717, 1.165) is 26.2 Å². The van der Waals surface area contributed by atoms with Crippen LogP contribution in [0.2, 0.25) is 0 Å². The number of piperazine rings is 1. The maximum atomic E-state index is 6.40. The Bertz CT molecular complexity index is 403. The highest BCUT2D eigenvalue weighted by atomic mass is 35.5. The molecule has 0 radical (unpaired) electrons. The topological polar surface area (TPSA) is 58.5 Å². The summed E-state index contributed by atoms with van der Waals surface area (Å²) in [4.78, 5) is 4.86. The van der Waals surface area contributed by atoms with Gasteiger partial charge < -0.3 is 16.4 Å². The monoisotopic (exact) mass is 298 g/mol. The van der Waals surface area contributed by atoms with Crippen LogP contribution in [0.3, 0.4) is 0 Å². The van der Waals surface area contributed by atoms with Crippen molar-refractivity contribution in [3.8, 4) is 0 Å². The molecule has 0 spiro atoms. The predicted octanol–water partition coefficient (Wildman–Crippen LogP) is 1.84. The first kappa shape index (κ1) is 17.1. The lowest BCUT2D eigenvalue weighted by Gasteiger charge is -2.42. The van der Waals surface area contributed by atoms with Crippen LogP contribution in [0.1, 0.15) is 20.8 Å². The highest BCUT2D eigenvalue weighted by molar-refractivity contribution is 6.30. The van der Waals surface area contributed by atoms with Gasteiger partial charge in [0.15, 0.2) is 0 Å². The molecule has 1 saturated heterocycles. The molecule has 1 rings (SSSR count). The van der Waals surface area contributed by atoms with E-state index in [1.165, 1.54) is 6.08 Å². The maximum Gasteiger partial charge on any atom is 0.0559 e. The zero-order chi connectivity index (χ0) is 15.3. The molecule has 1 heterocycles. The summed E-state index contributed by atoms with van der Waals surface area (Å²) in [5, 5.41) is 0.712. The second kappa shape index (κ2) is 7.72. The molecule has 20 heavy (non-hydrogen) atoms. The van der Waals surface area contributed by atoms with Crippen LogP contribution in [-0.4, -0.2) is 48.1 Å². The van der Waals surface area contributed by atoms with Gasteiger partial charge in [-0.3, -0.25) is 4.90 Å². The average molecular weight is 299 g/mol. The van der Waals surface area contributed by atoms with Crippen LogP contribution in [0, 0.1) is 0 Å². The van der Waals surface area contributed by atoms with Crippen LogP contribution in [0.15, 0.2) is 35.2 Å². The Kier molecular flexibility index (Phi) is 6.59. The van der Waals surface area contributed by atoms with Crippen molar-refractivity contribution in [3.63, 3.8) is 0 Å². The van der Waals surface area contributed by atoms with Gasteiger partial charge in [-0.1, -0.05) is 25.1 Å². The van der Waals surface area contributed by atoms with E-state index in [4.69, 9.17) is 23.1 Å². The normalized spacial score (nSPS) is 25.2. The summed E-state index contributed by atoms with van der Waals surface area (Å²) in [6.07, 6.45) is 3.27. The second-order valence-corrected chi connectivity index (χ2v) is 5.74. The largest absolute Gasteiger partial charge is 0.397 e. The van der Waals surface area contributed by atoms with Gasteiger partial charge in [-0.25, -0.2) is 0 Å². The van der Waals surface area contributed by atoms with Gasteiger partial charge in [0.05, 0.1) is 11.4 Å². The Morgan fingerprint density at radius 1 is 1.40 bits per heavy atom. The first-order chi connectivity index (χ1) is 9.40. The third kappa shape index (κ3) is 4.27. The van der Waals surface area contributed by atoms with E-state index in [1.54, 1.807) is 6.08 Å². The second-order valence-electron chi connectivity index (χ2n) is 5.30. The van der Waals surface area contributed by atoms with Crippen LogP contribution < -0.4 is 11.5 Å². The molecule has 0 amide bonds. The Labute approximate surface area is 127 Å². The molecule has 4 N–H and O–H groups in total. The molecule has 0 saturated carbocycles. The van der Waals surface area contributed by atoms with E-state index in [9.17, 15) is 0 Å². The summed E-state index contributed by atoms with van der Waals surface area (Å²) in [6, 6.07) is 0.615. The fourth-order valence-corrected chi connectivity index (χ4v) is 2.78. The first-order valence-electron chi connectivity index (χ1n) is 7.13. The molecule has 1 fully saturated rings. The first-order valence-corrected chi connectivity index (χ1v) is 7.51. The van der Waals surface area contributed by atoms with E-state index in [-0.39, 0.29) is 6.04 Å². The summed E-state index contributed by atoms with van der Waals surface area (Å²) >= 11 is 6.40. The van der Waals surface area contributed by atoms with Crippen molar-refractivity contribution in [1.29, 1.82) is 0 Å². The molecule has 0 bridgehead atoms. The zero-order valence-electron chi connectivity index (χ0n) is 12.8. The van der Waals surface area contributed by atoms with Gasteiger partial charge in [-0.2, -0.15) is 0 Å². The van der Waals surface area contributed by atoms with Gasteiger partial charge in [-0.15, -0.1) is 0 Å². The number of allylic oxidation sites excluding steroid dienone is 2. The Morgan fingerprint density at radius 2 is 2.05 bits per heavy atom. The number of hydrogen-bond donors (Lipinski definition) is 2. The van der Waals surface area contributed by atoms with Gasteiger partial charge in [0.1, 0.15) is 0 Å². The number of nitrogens with zero attached hydrogens (tertiary/aromatic N) is 2. The maximum absolute atomic E-state index is 6.40. The summed E-state index contributed by atoms with van der Waals surface area (Å²) in [5.74, 6) is 0. The third-order valence-electron chi connectivity index (χ3n) is 3.95. The minimum absolute atomic E-state index is 0.141. The van der Waals surface area contributed by atoms with E-state index in [2.05, 4.69) is 37.1 Å². The highest BCUT2D eigenvalue weighted by Gasteiger charge is 2.27. The van der Waals surface area contributed by atoms with Crippen molar-refractivity contribution in [1.82, 2.24) is 9.80 Å². The van der Waals surface area contributed by atoms with Crippen LogP contribution in [-0.2, 0) is 0 Å². The van der Waals surface area contributed by atoms with Crippen molar-refractivity contribution in [2.45, 2.75) is 32.9 Å². The van der Waals surface area contributed by atoms with Crippen molar-refractivity contribution in [2.75, 3.05) is 26.2 Å². The van der Waals surface area contributed by atoms with Crippen LogP contribution >= 0.6 is 11.6 Å². The molecular formula is C15H27ClN4. The lowest BCUT2D eigenvalue weighted by molar-refractivity contribution is 0.0703. The molecule has 5 heteroatoms. The molecule has 114 valence electrons. The molecular weight excluding hydrogens is 272 g/mol. The molecule has 2 unspecified atom stereocenters. The summed E-state index contributed by atoms with van der Waals surface area (Å²) in [5.41, 5.74) is 12.5. The molecule has 0 aromatic rings. The standard InChI is InChI=1S/C15H27ClN4/c1-5-14(17)15(18)9-13(16)12(4)20-8-7-19(6-2)10-11(20)3/h5,9,11-12H,1,6-8,10,17-18H2,2-4H3/b13-9+,15-14-. The molecule has 2 atom stereocenters. The fraction of sp³-hybridized carbons (Fsp3) is 0.600. The van der Waals surface area contributed by atoms with Crippen molar-refractivity contribution < 1.29 is 0 Å². The van der Waals surface area contributed by atoms with Gasteiger partial charge in [0.25, 0.3) is 0 Å². The average Bonchev–Trinajstić information content (AvgIpc) is 2.45. The smallest absolute Gasteiger partial charge is 0.0559 e. The third-order valence-corrected chi connectivity index (χ3v) is 4.38. The zero-order valence-corrected chi connectivity index (χ0v) is 13.5. The Balaban J connectivity index is 2.77. The van der Waals surface area contributed by atoms with E-state index in [0.29, 0.717) is 22.5 Å². The van der Waals surface area contributed by atoms with Crippen molar-refractivity contribution in [3.05, 3.63) is 35.2 Å². The van der Waals surface area contributed by atoms with E-state index >= 15 is 0 Å². The quantitative estimate of drug-likeness (QED) is 0.761. The number of halogens is 1. The SMILES string of the molecule is C=C/C(N)=C(N)\C=C(\Cl)C(C)N1CCN(CC)CC1C. The number of nitrogens with two attached hydrogens (primary N) is 2. The van der Waals surface area contributed by atoms with Gasteiger partial charge >= 0.3 is 0 Å².